The average Bonchev–Trinajstić information content (AvgIpc) is 3.14. The van der Waals surface area contributed by atoms with Gasteiger partial charge in [-0.15, -0.1) is 5.10 Å². The molecule has 0 amide bonds. The van der Waals surface area contributed by atoms with Crippen LogP contribution in [0.15, 0.2) is 34.4 Å². The van der Waals surface area contributed by atoms with Crippen LogP contribution < -0.4 is 0 Å². The number of rotatable bonds is 4. The Morgan fingerprint density at radius 2 is 2.38 bits per heavy atom. The van der Waals surface area contributed by atoms with Gasteiger partial charge < -0.3 is 9.15 Å². The lowest BCUT2D eigenvalue weighted by Crippen LogP contribution is -2.09. The predicted molar refractivity (Wildman–Crippen MR) is 76.2 cm³/mol. The van der Waals surface area contributed by atoms with Gasteiger partial charge in [0.05, 0.1) is 18.4 Å². The molecule has 3 heterocycles. The molecule has 0 aliphatic rings. The molecular formula is C13H12N4O3S. The Morgan fingerprint density at radius 3 is 3.05 bits per heavy atom. The Labute approximate surface area is 124 Å². The van der Waals surface area contributed by atoms with Gasteiger partial charge in [-0.3, -0.25) is 0 Å². The molecule has 0 unspecified atom stereocenters. The molecule has 21 heavy (non-hydrogen) atoms. The largest absolute Gasteiger partial charge is 0.472 e. The van der Waals surface area contributed by atoms with Crippen molar-refractivity contribution in [1.29, 1.82) is 0 Å². The molecule has 108 valence electrons. The molecule has 0 radical (unpaired) electrons. The maximum atomic E-state index is 12.0. The highest BCUT2D eigenvalue weighted by atomic mass is 32.2. The maximum absolute atomic E-state index is 12.0. The fourth-order valence-electron chi connectivity index (χ4n) is 1.86. The summed E-state index contributed by atoms with van der Waals surface area (Å²) in [5, 5.41) is 5.02. The van der Waals surface area contributed by atoms with E-state index in [1.807, 2.05) is 6.26 Å². The third-order valence-corrected chi connectivity index (χ3v) is 3.43. The van der Waals surface area contributed by atoms with Gasteiger partial charge in [0.15, 0.2) is 16.6 Å². The summed E-state index contributed by atoms with van der Waals surface area (Å²) >= 11 is 1.42. The number of hydrogen-bond acceptors (Lipinski definition) is 7. The monoisotopic (exact) mass is 304 g/mol. The number of carbonyl (C=O) groups is 1. The molecule has 0 aromatic carbocycles. The van der Waals surface area contributed by atoms with Gasteiger partial charge in [0.1, 0.15) is 11.8 Å². The van der Waals surface area contributed by atoms with Crippen LogP contribution >= 0.6 is 11.8 Å². The van der Waals surface area contributed by atoms with Crippen LogP contribution in [0, 0.1) is 0 Å². The second-order valence-electron chi connectivity index (χ2n) is 4.06. The van der Waals surface area contributed by atoms with Gasteiger partial charge >= 0.3 is 5.97 Å². The van der Waals surface area contributed by atoms with Crippen molar-refractivity contribution in [3.63, 3.8) is 0 Å². The number of fused-ring (bicyclic) bond motifs is 1. The Balaban J connectivity index is 2.20. The second kappa shape index (κ2) is 5.57. The molecular weight excluding hydrogens is 292 g/mol. The van der Waals surface area contributed by atoms with E-state index in [1.54, 1.807) is 30.0 Å². The molecule has 0 N–H and O–H groups in total. The molecule has 0 spiro atoms. The van der Waals surface area contributed by atoms with E-state index in [-0.39, 0.29) is 12.2 Å². The highest BCUT2D eigenvalue weighted by Crippen LogP contribution is 2.22. The fraction of sp³-hybridized carbons (Fsp3) is 0.231. The summed E-state index contributed by atoms with van der Waals surface area (Å²) in [6, 6.07) is 1.75. The third-order valence-electron chi connectivity index (χ3n) is 2.79. The molecule has 0 saturated heterocycles. The van der Waals surface area contributed by atoms with E-state index in [1.165, 1.54) is 18.0 Å². The topological polar surface area (TPSA) is 82.5 Å². The van der Waals surface area contributed by atoms with Crippen molar-refractivity contribution in [3.05, 3.63) is 30.4 Å². The van der Waals surface area contributed by atoms with Gasteiger partial charge in [-0.05, 0) is 19.2 Å². The highest BCUT2D eigenvalue weighted by Gasteiger charge is 2.19. The number of ether oxygens (including phenoxy) is 1. The van der Waals surface area contributed by atoms with Gasteiger partial charge in [0.25, 0.3) is 0 Å². The molecule has 0 atom stereocenters. The van der Waals surface area contributed by atoms with Crippen LogP contribution in [0.2, 0.25) is 0 Å². The Kier molecular flexibility index (Phi) is 3.61. The lowest BCUT2D eigenvalue weighted by Gasteiger charge is -2.04. The number of carbonyl (C=O) groups excluding carboxylic acids is 1. The van der Waals surface area contributed by atoms with Gasteiger partial charge in [0, 0.05) is 6.20 Å². The predicted octanol–water partition coefficient (Wildman–Crippen LogP) is 2.28. The first-order chi connectivity index (χ1) is 10.2. The van der Waals surface area contributed by atoms with Crippen molar-refractivity contribution in [1.82, 2.24) is 19.6 Å². The molecule has 3 aromatic rings. The molecule has 0 saturated carbocycles. The summed E-state index contributed by atoms with van der Waals surface area (Å²) in [6.07, 6.45) is 6.43. The first kappa shape index (κ1) is 13.6. The minimum atomic E-state index is -0.464. The zero-order chi connectivity index (χ0) is 14.8. The van der Waals surface area contributed by atoms with E-state index in [0.717, 1.165) is 5.56 Å². The van der Waals surface area contributed by atoms with E-state index < -0.39 is 5.97 Å². The zero-order valence-electron chi connectivity index (χ0n) is 11.4. The van der Waals surface area contributed by atoms with E-state index >= 15 is 0 Å². The van der Waals surface area contributed by atoms with Crippen LogP contribution in [0.5, 0.6) is 0 Å². The Hall–Kier alpha value is -2.35. The van der Waals surface area contributed by atoms with Crippen LogP contribution in [0.3, 0.4) is 0 Å². The first-order valence-corrected chi connectivity index (χ1v) is 7.46. The number of furan rings is 1. The summed E-state index contributed by atoms with van der Waals surface area (Å²) in [4.78, 5) is 20.6. The summed E-state index contributed by atoms with van der Waals surface area (Å²) < 4.78 is 11.6. The van der Waals surface area contributed by atoms with Crippen molar-refractivity contribution < 1.29 is 13.9 Å². The molecule has 3 rings (SSSR count). The molecule has 7 nitrogen and oxygen atoms in total. The van der Waals surface area contributed by atoms with Gasteiger partial charge in [-0.2, -0.15) is 4.52 Å². The normalized spacial score (nSPS) is 11.0. The van der Waals surface area contributed by atoms with Crippen LogP contribution in [0.4, 0.5) is 0 Å². The quantitative estimate of drug-likeness (QED) is 0.415. The van der Waals surface area contributed by atoms with E-state index in [2.05, 4.69) is 15.1 Å². The van der Waals surface area contributed by atoms with Gasteiger partial charge in [0.2, 0.25) is 0 Å². The highest BCUT2D eigenvalue weighted by molar-refractivity contribution is 7.98. The minimum Gasteiger partial charge on any atom is -0.472 e. The van der Waals surface area contributed by atoms with E-state index in [0.29, 0.717) is 16.6 Å². The van der Waals surface area contributed by atoms with Crippen LogP contribution in [0.1, 0.15) is 17.3 Å². The van der Waals surface area contributed by atoms with E-state index in [4.69, 9.17) is 9.15 Å². The van der Waals surface area contributed by atoms with Crippen LogP contribution in [-0.4, -0.2) is 38.4 Å². The van der Waals surface area contributed by atoms with Crippen molar-refractivity contribution in [2.24, 2.45) is 0 Å². The number of esters is 1. The van der Waals surface area contributed by atoms with Crippen molar-refractivity contribution >= 4 is 23.4 Å². The molecule has 0 aliphatic carbocycles. The zero-order valence-corrected chi connectivity index (χ0v) is 12.3. The smallest absolute Gasteiger partial charge is 0.343 e. The first-order valence-electron chi connectivity index (χ1n) is 6.24. The molecule has 0 fully saturated rings. The SMILES string of the molecule is CCOC(=O)c1cnc(SC)n2nc(-c3ccoc3)nc12. The summed E-state index contributed by atoms with van der Waals surface area (Å²) in [5.41, 5.74) is 1.45. The average molecular weight is 304 g/mol. The Bertz CT molecular complexity index is 782. The van der Waals surface area contributed by atoms with Crippen LogP contribution in [0.25, 0.3) is 17.0 Å². The third kappa shape index (κ3) is 2.38. The lowest BCUT2D eigenvalue weighted by atomic mass is 10.3. The van der Waals surface area contributed by atoms with Crippen LogP contribution in [-0.2, 0) is 4.74 Å². The molecule has 0 aliphatic heterocycles. The van der Waals surface area contributed by atoms with Crippen molar-refractivity contribution in [2.45, 2.75) is 12.1 Å². The van der Waals surface area contributed by atoms with Gasteiger partial charge in [-0.1, -0.05) is 11.8 Å². The van der Waals surface area contributed by atoms with Crippen molar-refractivity contribution in [2.75, 3.05) is 12.9 Å². The Morgan fingerprint density at radius 1 is 1.52 bits per heavy atom. The van der Waals surface area contributed by atoms with Crippen molar-refractivity contribution in [3.8, 4) is 11.4 Å². The minimum absolute atomic E-state index is 0.289. The molecule has 0 bridgehead atoms. The standard InChI is InChI=1S/C13H12N4O3S/c1-3-20-12(18)9-6-14-13(21-2)17-11(9)15-10(16-17)8-4-5-19-7-8/h4-7H,3H2,1-2H3. The number of thioether (sulfide) groups is 1. The lowest BCUT2D eigenvalue weighted by molar-refractivity contribution is 0.0527. The maximum Gasteiger partial charge on any atom is 0.343 e. The molecule has 8 heteroatoms. The summed E-state index contributed by atoms with van der Waals surface area (Å²) in [6.45, 7) is 2.04. The molecule has 3 aromatic heterocycles. The number of aromatic nitrogens is 4. The summed E-state index contributed by atoms with van der Waals surface area (Å²) in [7, 11) is 0. The number of nitrogens with zero attached hydrogens (tertiary/aromatic N) is 4. The fourth-order valence-corrected chi connectivity index (χ4v) is 2.32. The van der Waals surface area contributed by atoms with Gasteiger partial charge in [-0.25, -0.2) is 14.8 Å². The number of hydrogen-bond donors (Lipinski definition) is 0. The second-order valence-corrected chi connectivity index (χ2v) is 4.84. The van der Waals surface area contributed by atoms with E-state index in [9.17, 15) is 4.79 Å². The summed E-state index contributed by atoms with van der Waals surface area (Å²) in [5.74, 6) is 0.00592.